The number of rotatable bonds is 8. The Balaban J connectivity index is 1.50. The largest absolute Gasteiger partial charge is 0.494 e. The standard InChI is InChI=1S/C20H22N4O3/c1-3-26-17-6-4-15(5-7-17)14-24(2)19(25)9-8-18-22-20(23-27-18)16-10-12-21-13-11-16/h4-7,10-13H,3,8-9,14H2,1-2H3. The van der Waals surface area contributed by atoms with Crippen molar-refractivity contribution in [2.75, 3.05) is 13.7 Å². The quantitative estimate of drug-likeness (QED) is 0.609. The van der Waals surface area contributed by atoms with E-state index in [-0.39, 0.29) is 5.91 Å². The molecule has 0 aliphatic heterocycles. The van der Waals surface area contributed by atoms with Gasteiger partial charge in [-0.15, -0.1) is 0 Å². The van der Waals surface area contributed by atoms with Gasteiger partial charge in [0, 0.05) is 44.4 Å². The molecule has 7 heteroatoms. The number of carbonyl (C=O) groups excluding carboxylic acids is 1. The fourth-order valence-electron chi connectivity index (χ4n) is 2.60. The first-order chi connectivity index (χ1) is 13.2. The molecule has 1 amide bonds. The van der Waals surface area contributed by atoms with E-state index in [0.29, 0.717) is 37.7 Å². The summed E-state index contributed by atoms with van der Waals surface area (Å²) >= 11 is 0. The summed E-state index contributed by atoms with van der Waals surface area (Å²) in [6.07, 6.45) is 4.06. The Morgan fingerprint density at radius 1 is 1.15 bits per heavy atom. The van der Waals surface area contributed by atoms with Gasteiger partial charge in [-0.3, -0.25) is 9.78 Å². The normalized spacial score (nSPS) is 10.6. The van der Waals surface area contributed by atoms with Gasteiger partial charge in [-0.1, -0.05) is 17.3 Å². The molecule has 0 aliphatic carbocycles. The van der Waals surface area contributed by atoms with Gasteiger partial charge in [-0.25, -0.2) is 0 Å². The zero-order valence-electron chi connectivity index (χ0n) is 15.5. The van der Waals surface area contributed by atoms with Crippen LogP contribution in [-0.4, -0.2) is 39.6 Å². The highest BCUT2D eigenvalue weighted by Gasteiger charge is 2.13. The number of aryl methyl sites for hydroxylation is 1. The van der Waals surface area contributed by atoms with Crippen LogP contribution in [0.3, 0.4) is 0 Å². The number of pyridine rings is 1. The Kier molecular flexibility index (Phi) is 6.14. The number of ether oxygens (including phenoxy) is 1. The van der Waals surface area contributed by atoms with Gasteiger partial charge < -0.3 is 14.2 Å². The van der Waals surface area contributed by atoms with Crippen LogP contribution in [0.4, 0.5) is 0 Å². The molecule has 2 aromatic heterocycles. The maximum atomic E-state index is 12.4. The van der Waals surface area contributed by atoms with Crippen molar-refractivity contribution in [3.05, 3.63) is 60.2 Å². The summed E-state index contributed by atoms with van der Waals surface area (Å²) in [5.74, 6) is 1.80. The van der Waals surface area contributed by atoms with Crippen LogP contribution in [0.15, 0.2) is 53.3 Å². The minimum Gasteiger partial charge on any atom is -0.494 e. The Labute approximate surface area is 158 Å². The molecule has 0 N–H and O–H groups in total. The molecule has 1 aromatic carbocycles. The number of aromatic nitrogens is 3. The van der Waals surface area contributed by atoms with Crippen molar-refractivity contribution in [3.63, 3.8) is 0 Å². The van der Waals surface area contributed by atoms with Gasteiger partial charge in [0.2, 0.25) is 17.6 Å². The highest BCUT2D eigenvalue weighted by molar-refractivity contribution is 5.76. The zero-order valence-corrected chi connectivity index (χ0v) is 15.5. The molecular formula is C20H22N4O3. The molecule has 0 atom stereocenters. The summed E-state index contributed by atoms with van der Waals surface area (Å²) in [4.78, 5) is 22.4. The molecule has 0 saturated carbocycles. The Bertz CT molecular complexity index is 862. The second-order valence-corrected chi connectivity index (χ2v) is 6.07. The summed E-state index contributed by atoms with van der Waals surface area (Å²) < 4.78 is 10.7. The van der Waals surface area contributed by atoms with Crippen molar-refractivity contribution in [1.29, 1.82) is 0 Å². The van der Waals surface area contributed by atoms with Gasteiger partial charge in [-0.2, -0.15) is 4.98 Å². The van der Waals surface area contributed by atoms with Crippen LogP contribution in [0.5, 0.6) is 5.75 Å². The number of amides is 1. The van der Waals surface area contributed by atoms with Crippen molar-refractivity contribution in [3.8, 4) is 17.1 Å². The monoisotopic (exact) mass is 366 g/mol. The van der Waals surface area contributed by atoms with Crippen molar-refractivity contribution in [2.24, 2.45) is 0 Å². The third kappa shape index (κ3) is 5.13. The maximum Gasteiger partial charge on any atom is 0.227 e. The van der Waals surface area contributed by atoms with Gasteiger partial charge in [0.1, 0.15) is 5.75 Å². The molecular weight excluding hydrogens is 344 g/mol. The van der Waals surface area contributed by atoms with Gasteiger partial charge in [0.15, 0.2) is 0 Å². The van der Waals surface area contributed by atoms with Gasteiger partial charge in [0.25, 0.3) is 0 Å². The highest BCUT2D eigenvalue weighted by atomic mass is 16.5. The number of benzene rings is 1. The zero-order chi connectivity index (χ0) is 19.1. The SMILES string of the molecule is CCOc1ccc(CN(C)C(=O)CCc2nc(-c3ccncc3)no2)cc1. The predicted molar refractivity (Wildman–Crippen MR) is 99.9 cm³/mol. The van der Waals surface area contributed by atoms with E-state index >= 15 is 0 Å². The van der Waals surface area contributed by atoms with Crippen LogP contribution in [0.25, 0.3) is 11.4 Å². The molecule has 0 radical (unpaired) electrons. The van der Waals surface area contributed by atoms with Crippen LogP contribution in [0.2, 0.25) is 0 Å². The number of hydrogen-bond acceptors (Lipinski definition) is 6. The lowest BCUT2D eigenvalue weighted by atomic mass is 10.2. The van der Waals surface area contributed by atoms with E-state index in [9.17, 15) is 4.79 Å². The Hall–Kier alpha value is -3.22. The lowest BCUT2D eigenvalue weighted by Gasteiger charge is -2.17. The molecule has 7 nitrogen and oxygen atoms in total. The average molecular weight is 366 g/mol. The molecule has 27 heavy (non-hydrogen) atoms. The number of nitrogens with zero attached hydrogens (tertiary/aromatic N) is 4. The van der Waals surface area contributed by atoms with E-state index < -0.39 is 0 Å². The molecule has 0 unspecified atom stereocenters. The highest BCUT2D eigenvalue weighted by Crippen LogP contribution is 2.16. The smallest absolute Gasteiger partial charge is 0.227 e. The predicted octanol–water partition coefficient (Wildman–Crippen LogP) is 3.12. The number of carbonyl (C=O) groups is 1. The molecule has 0 spiro atoms. The molecule has 0 saturated heterocycles. The first-order valence-electron chi connectivity index (χ1n) is 8.84. The Morgan fingerprint density at radius 2 is 1.89 bits per heavy atom. The summed E-state index contributed by atoms with van der Waals surface area (Å²) in [5, 5.41) is 3.95. The molecule has 2 heterocycles. The van der Waals surface area contributed by atoms with Crippen molar-refractivity contribution >= 4 is 5.91 Å². The van der Waals surface area contributed by atoms with Gasteiger partial charge in [-0.05, 0) is 36.8 Å². The third-order valence-electron chi connectivity index (χ3n) is 4.04. The van der Waals surface area contributed by atoms with Crippen LogP contribution < -0.4 is 4.74 Å². The van der Waals surface area contributed by atoms with E-state index in [1.165, 1.54) is 0 Å². The summed E-state index contributed by atoms with van der Waals surface area (Å²) in [5.41, 5.74) is 1.88. The molecule has 0 bridgehead atoms. The first-order valence-corrected chi connectivity index (χ1v) is 8.84. The molecule has 0 fully saturated rings. The van der Waals surface area contributed by atoms with E-state index in [4.69, 9.17) is 9.26 Å². The summed E-state index contributed by atoms with van der Waals surface area (Å²) in [7, 11) is 1.79. The summed E-state index contributed by atoms with van der Waals surface area (Å²) in [6.45, 7) is 3.12. The molecule has 3 rings (SSSR count). The van der Waals surface area contributed by atoms with E-state index in [0.717, 1.165) is 16.9 Å². The van der Waals surface area contributed by atoms with Gasteiger partial charge in [0.05, 0.1) is 6.61 Å². The van der Waals surface area contributed by atoms with Crippen molar-refractivity contribution < 1.29 is 14.1 Å². The van der Waals surface area contributed by atoms with Crippen molar-refractivity contribution in [1.82, 2.24) is 20.0 Å². The van der Waals surface area contributed by atoms with E-state index in [1.54, 1.807) is 24.3 Å². The summed E-state index contributed by atoms with van der Waals surface area (Å²) in [6, 6.07) is 11.4. The minimum atomic E-state index is 0.0209. The Morgan fingerprint density at radius 3 is 2.59 bits per heavy atom. The van der Waals surface area contributed by atoms with E-state index in [2.05, 4.69) is 15.1 Å². The maximum absolute atomic E-state index is 12.4. The van der Waals surface area contributed by atoms with Gasteiger partial charge >= 0.3 is 0 Å². The second-order valence-electron chi connectivity index (χ2n) is 6.07. The molecule has 140 valence electrons. The lowest BCUT2D eigenvalue weighted by molar-refractivity contribution is -0.130. The second kappa shape index (κ2) is 8.93. The fraction of sp³-hybridized carbons (Fsp3) is 0.300. The molecule has 3 aromatic rings. The minimum absolute atomic E-state index is 0.0209. The van der Waals surface area contributed by atoms with E-state index in [1.807, 2.05) is 43.3 Å². The van der Waals surface area contributed by atoms with Crippen LogP contribution in [-0.2, 0) is 17.8 Å². The molecule has 0 aliphatic rings. The third-order valence-corrected chi connectivity index (χ3v) is 4.04. The number of hydrogen-bond donors (Lipinski definition) is 0. The topological polar surface area (TPSA) is 81.4 Å². The fourth-order valence-corrected chi connectivity index (χ4v) is 2.60. The van der Waals surface area contributed by atoms with Crippen LogP contribution in [0.1, 0.15) is 24.8 Å². The average Bonchev–Trinajstić information content (AvgIpc) is 3.17. The first kappa shape index (κ1) is 18.6. The van der Waals surface area contributed by atoms with Crippen LogP contribution >= 0.6 is 0 Å². The van der Waals surface area contributed by atoms with Crippen LogP contribution in [0, 0.1) is 0 Å². The van der Waals surface area contributed by atoms with Crippen molar-refractivity contribution in [2.45, 2.75) is 26.3 Å². The lowest BCUT2D eigenvalue weighted by Crippen LogP contribution is -2.26.